The van der Waals surface area contributed by atoms with Crippen LogP contribution in [0, 0.1) is 10.8 Å². The van der Waals surface area contributed by atoms with E-state index >= 15 is 0 Å². The zero-order valence-corrected chi connectivity index (χ0v) is 11.6. The molecule has 0 radical (unpaired) electrons. The van der Waals surface area contributed by atoms with Gasteiger partial charge in [0.2, 0.25) is 0 Å². The minimum atomic E-state index is -0.667. The van der Waals surface area contributed by atoms with Crippen molar-refractivity contribution >= 4 is 17.3 Å². The average Bonchev–Trinajstić information content (AvgIpc) is 2.65. The van der Waals surface area contributed by atoms with Gasteiger partial charge in [-0.3, -0.25) is 14.4 Å². The third-order valence-electron chi connectivity index (χ3n) is 4.17. The van der Waals surface area contributed by atoms with Gasteiger partial charge in [0.15, 0.2) is 0 Å². The lowest BCUT2D eigenvalue weighted by atomic mass is 9.88. The van der Waals surface area contributed by atoms with Gasteiger partial charge in [-0.15, -0.1) is 0 Å². The molecule has 4 nitrogen and oxygen atoms in total. The highest BCUT2D eigenvalue weighted by Crippen LogP contribution is 2.33. The normalized spacial score (nSPS) is 29.2. The van der Waals surface area contributed by atoms with Crippen molar-refractivity contribution in [1.82, 2.24) is 0 Å². The summed E-state index contributed by atoms with van der Waals surface area (Å²) in [5.41, 5.74) is -1.14. The Balaban J connectivity index is 0.000000180. The van der Waals surface area contributed by atoms with E-state index in [1.54, 1.807) is 27.7 Å². The summed E-state index contributed by atoms with van der Waals surface area (Å²) in [6, 6.07) is 0. The lowest BCUT2D eigenvalue weighted by molar-refractivity contribution is -0.132. The Kier molecular flexibility index (Phi) is 4.11. The number of rotatable bonds is 0. The molecule has 18 heavy (non-hydrogen) atoms. The van der Waals surface area contributed by atoms with Gasteiger partial charge in [0, 0.05) is 24.7 Å². The first-order valence-electron chi connectivity index (χ1n) is 6.38. The molecule has 1 N–H and O–H groups in total. The molecule has 2 aliphatic carbocycles. The summed E-state index contributed by atoms with van der Waals surface area (Å²) >= 11 is 0. The molecule has 1 unspecified atom stereocenters. The van der Waals surface area contributed by atoms with Gasteiger partial charge in [-0.05, 0) is 20.3 Å². The van der Waals surface area contributed by atoms with Gasteiger partial charge in [0.25, 0.3) is 0 Å². The van der Waals surface area contributed by atoms with E-state index in [1.165, 1.54) is 0 Å². The molecule has 0 bridgehead atoms. The van der Waals surface area contributed by atoms with Crippen LogP contribution in [0.25, 0.3) is 0 Å². The van der Waals surface area contributed by atoms with Crippen LogP contribution in [0.5, 0.6) is 0 Å². The number of Topliss-reactive ketones (excluding diaryl/α,β-unsaturated/α-hetero) is 3. The Hall–Kier alpha value is -1.03. The molecule has 0 saturated heterocycles. The molecule has 0 aromatic rings. The zero-order chi connectivity index (χ0) is 14.1. The van der Waals surface area contributed by atoms with Gasteiger partial charge in [0.05, 0.1) is 11.5 Å². The smallest absolute Gasteiger partial charge is 0.146 e. The molecular formula is C14H22O4. The van der Waals surface area contributed by atoms with Gasteiger partial charge in [-0.1, -0.05) is 13.8 Å². The van der Waals surface area contributed by atoms with Gasteiger partial charge in [0.1, 0.15) is 17.3 Å². The van der Waals surface area contributed by atoms with Crippen LogP contribution in [-0.2, 0) is 14.4 Å². The maximum Gasteiger partial charge on any atom is 0.146 e. The fraction of sp³-hybridized carbons (Fsp3) is 0.786. The number of carbonyl (C=O) groups excluding carboxylic acids is 3. The molecule has 102 valence electrons. The molecule has 0 amide bonds. The van der Waals surface area contributed by atoms with Crippen LogP contribution >= 0.6 is 0 Å². The molecule has 2 aliphatic rings. The minimum Gasteiger partial charge on any atom is -0.392 e. The fourth-order valence-electron chi connectivity index (χ4n) is 2.14. The summed E-state index contributed by atoms with van der Waals surface area (Å²) in [5.74, 6) is 0.370. The Morgan fingerprint density at radius 1 is 0.889 bits per heavy atom. The van der Waals surface area contributed by atoms with E-state index < -0.39 is 16.9 Å². The van der Waals surface area contributed by atoms with E-state index in [0.29, 0.717) is 25.7 Å². The van der Waals surface area contributed by atoms with Crippen LogP contribution in [0.3, 0.4) is 0 Å². The highest BCUT2D eigenvalue weighted by Gasteiger charge is 2.41. The van der Waals surface area contributed by atoms with Crippen molar-refractivity contribution in [2.24, 2.45) is 10.8 Å². The van der Waals surface area contributed by atoms with Crippen LogP contribution in [0.15, 0.2) is 0 Å². The first-order chi connectivity index (χ1) is 8.10. The number of aliphatic hydroxyl groups excluding tert-OH is 1. The number of hydrogen-bond donors (Lipinski definition) is 1. The molecule has 0 spiro atoms. The van der Waals surface area contributed by atoms with Crippen molar-refractivity contribution in [3.8, 4) is 0 Å². The lowest BCUT2D eigenvalue weighted by Gasteiger charge is -2.19. The quantitative estimate of drug-likeness (QED) is 0.668. The zero-order valence-electron chi connectivity index (χ0n) is 11.6. The standard InChI is InChI=1S/C7H12O2.C7H10O2/c2*1-7(2)5(8)3-4-6(7)9/h5,8H,3-4H2,1-2H3;3-4H2,1-2H3. The highest BCUT2D eigenvalue weighted by molar-refractivity contribution is 6.12. The van der Waals surface area contributed by atoms with Crippen LogP contribution < -0.4 is 0 Å². The van der Waals surface area contributed by atoms with Crippen molar-refractivity contribution in [3.05, 3.63) is 0 Å². The summed E-state index contributed by atoms with van der Waals surface area (Å²) in [4.78, 5) is 32.7. The Bertz CT molecular complexity index is 361. The number of hydrogen-bond acceptors (Lipinski definition) is 4. The average molecular weight is 254 g/mol. The summed E-state index contributed by atoms with van der Waals surface area (Å²) in [7, 11) is 0. The predicted octanol–water partition coefficient (Wildman–Crippen LogP) is 1.68. The van der Waals surface area contributed by atoms with Crippen LogP contribution in [0.1, 0.15) is 53.4 Å². The Morgan fingerprint density at radius 2 is 1.33 bits per heavy atom. The molecule has 0 aliphatic heterocycles. The lowest BCUT2D eigenvalue weighted by Crippen LogP contribution is -2.28. The maximum atomic E-state index is 10.9. The molecule has 4 heteroatoms. The van der Waals surface area contributed by atoms with Crippen LogP contribution in [0.4, 0.5) is 0 Å². The van der Waals surface area contributed by atoms with Gasteiger partial charge >= 0.3 is 0 Å². The first-order valence-corrected chi connectivity index (χ1v) is 6.38. The second-order valence-electron chi connectivity index (χ2n) is 6.17. The van der Waals surface area contributed by atoms with Crippen molar-refractivity contribution in [2.45, 2.75) is 59.5 Å². The van der Waals surface area contributed by atoms with Gasteiger partial charge in [-0.25, -0.2) is 0 Å². The second kappa shape index (κ2) is 4.92. The first kappa shape index (κ1) is 15.0. The number of aliphatic hydroxyl groups is 1. The van der Waals surface area contributed by atoms with E-state index in [-0.39, 0.29) is 17.3 Å². The number of ketones is 3. The van der Waals surface area contributed by atoms with Crippen molar-refractivity contribution < 1.29 is 19.5 Å². The maximum absolute atomic E-state index is 10.9. The summed E-state index contributed by atoms with van der Waals surface area (Å²) in [6.07, 6.45) is 1.68. The molecule has 2 fully saturated rings. The number of carbonyl (C=O) groups is 3. The molecule has 1 atom stereocenters. The van der Waals surface area contributed by atoms with E-state index in [0.717, 1.165) is 0 Å². The summed E-state index contributed by atoms with van der Waals surface area (Å²) in [5, 5.41) is 9.21. The van der Waals surface area contributed by atoms with Gasteiger partial charge < -0.3 is 5.11 Å². The van der Waals surface area contributed by atoms with E-state index in [2.05, 4.69) is 0 Å². The van der Waals surface area contributed by atoms with Crippen molar-refractivity contribution in [3.63, 3.8) is 0 Å². The molecule has 2 rings (SSSR count). The van der Waals surface area contributed by atoms with Crippen LogP contribution in [-0.4, -0.2) is 28.6 Å². The topological polar surface area (TPSA) is 71.4 Å². The van der Waals surface area contributed by atoms with Crippen molar-refractivity contribution in [2.75, 3.05) is 0 Å². The SMILES string of the molecule is CC1(C)C(=O)CCC1=O.CC1(C)C(=O)CCC1O. The van der Waals surface area contributed by atoms with E-state index in [1.807, 2.05) is 0 Å². The summed E-state index contributed by atoms with van der Waals surface area (Å²) < 4.78 is 0. The third-order valence-corrected chi connectivity index (χ3v) is 4.17. The molecule has 2 saturated carbocycles. The highest BCUT2D eigenvalue weighted by atomic mass is 16.3. The van der Waals surface area contributed by atoms with Crippen molar-refractivity contribution in [1.29, 1.82) is 0 Å². The van der Waals surface area contributed by atoms with Gasteiger partial charge in [-0.2, -0.15) is 0 Å². The molecule has 0 aromatic carbocycles. The molecule has 0 heterocycles. The second-order valence-corrected chi connectivity index (χ2v) is 6.17. The largest absolute Gasteiger partial charge is 0.392 e. The third kappa shape index (κ3) is 2.69. The molecule has 0 aromatic heterocycles. The molecular weight excluding hydrogens is 232 g/mol. The van der Waals surface area contributed by atoms with E-state index in [9.17, 15) is 19.5 Å². The monoisotopic (exact) mass is 254 g/mol. The predicted molar refractivity (Wildman–Crippen MR) is 67.1 cm³/mol. The minimum absolute atomic E-state index is 0.0903. The van der Waals surface area contributed by atoms with E-state index in [4.69, 9.17) is 0 Å². The summed E-state index contributed by atoms with van der Waals surface area (Å²) in [6.45, 7) is 7.00. The van der Waals surface area contributed by atoms with Crippen LogP contribution in [0.2, 0.25) is 0 Å². The Labute approximate surface area is 108 Å². The fourth-order valence-corrected chi connectivity index (χ4v) is 2.14. The Morgan fingerprint density at radius 3 is 1.44 bits per heavy atom.